The van der Waals surface area contributed by atoms with Gasteiger partial charge in [0.15, 0.2) is 0 Å². The van der Waals surface area contributed by atoms with Gasteiger partial charge < -0.3 is 0 Å². The standard InChI is InChI=1S/C17H14ClFN2/c1-12-9-13(7-8-16(12)19)17(18)14-10-20-21(11-14)15-5-3-2-4-6-15/h2-11,17H,1H3. The molecule has 0 fully saturated rings. The first-order valence-electron chi connectivity index (χ1n) is 6.65. The quantitative estimate of drug-likeness (QED) is 0.644. The molecule has 4 heteroatoms. The molecule has 0 saturated heterocycles. The molecule has 1 heterocycles. The molecule has 3 aromatic rings. The number of aryl methyl sites for hydroxylation is 1. The lowest BCUT2D eigenvalue weighted by Crippen LogP contribution is -1.95. The van der Waals surface area contributed by atoms with Crippen LogP contribution in [0.3, 0.4) is 0 Å². The Hall–Kier alpha value is -2.13. The average molecular weight is 301 g/mol. The zero-order valence-electron chi connectivity index (χ0n) is 11.5. The monoisotopic (exact) mass is 300 g/mol. The first-order chi connectivity index (χ1) is 10.1. The minimum absolute atomic E-state index is 0.220. The fourth-order valence-electron chi connectivity index (χ4n) is 2.21. The Balaban J connectivity index is 1.90. The normalized spacial score (nSPS) is 12.3. The molecule has 106 valence electrons. The second kappa shape index (κ2) is 5.70. The number of aromatic nitrogens is 2. The fourth-order valence-corrected chi connectivity index (χ4v) is 2.46. The Morgan fingerprint density at radius 3 is 2.57 bits per heavy atom. The number of alkyl halides is 1. The molecule has 1 atom stereocenters. The highest BCUT2D eigenvalue weighted by molar-refractivity contribution is 6.22. The van der Waals surface area contributed by atoms with Gasteiger partial charge in [-0.3, -0.25) is 0 Å². The Kier molecular flexibility index (Phi) is 3.76. The van der Waals surface area contributed by atoms with Gasteiger partial charge in [0.25, 0.3) is 0 Å². The molecule has 1 aromatic heterocycles. The Morgan fingerprint density at radius 1 is 1.10 bits per heavy atom. The summed E-state index contributed by atoms with van der Waals surface area (Å²) in [6.07, 6.45) is 3.63. The van der Waals surface area contributed by atoms with Crippen molar-refractivity contribution in [1.29, 1.82) is 0 Å². The van der Waals surface area contributed by atoms with Gasteiger partial charge in [-0.1, -0.05) is 30.3 Å². The average Bonchev–Trinajstić information content (AvgIpc) is 3.00. The van der Waals surface area contributed by atoms with Crippen LogP contribution < -0.4 is 0 Å². The number of nitrogens with zero attached hydrogens (tertiary/aromatic N) is 2. The highest BCUT2D eigenvalue weighted by Gasteiger charge is 2.14. The van der Waals surface area contributed by atoms with Crippen molar-refractivity contribution in [1.82, 2.24) is 9.78 Å². The molecule has 21 heavy (non-hydrogen) atoms. The van der Waals surface area contributed by atoms with Gasteiger partial charge in [-0.15, -0.1) is 11.6 Å². The zero-order valence-corrected chi connectivity index (χ0v) is 12.3. The van der Waals surface area contributed by atoms with Crippen LogP contribution in [0.2, 0.25) is 0 Å². The zero-order chi connectivity index (χ0) is 14.8. The molecule has 0 amide bonds. The maximum atomic E-state index is 13.3. The van der Waals surface area contributed by atoms with E-state index in [4.69, 9.17) is 11.6 Å². The number of hydrogen-bond donors (Lipinski definition) is 0. The number of para-hydroxylation sites is 1. The van der Waals surface area contributed by atoms with E-state index in [2.05, 4.69) is 5.10 Å². The number of hydrogen-bond acceptors (Lipinski definition) is 1. The Bertz CT molecular complexity index is 752. The van der Waals surface area contributed by atoms with Gasteiger partial charge in [-0.25, -0.2) is 9.07 Å². The van der Waals surface area contributed by atoms with Gasteiger partial charge in [0.2, 0.25) is 0 Å². The molecule has 0 saturated carbocycles. The molecule has 0 spiro atoms. The third-order valence-corrected chi connectivity index (χ3v) is 3.89. The van der Waals surface area contributed by atoms with E-state index in [1.807, 2.05) is 36.5 Å². The fraction of sp³-hybridized carbons (Fsp3) is 0.118. The van der Waals surface area contributed by atoms with E-state index in [1.165, 1.54) is 6.07 Å². The molecule has 0 N–H and O–H groups in total. The van der Waals surface area contributed by atoms with Crippen LogP contribution in [-0.2, 0) is 0 Å². The summed E-state index contributed by atoms with van der Waals surface area (Å²) in [6, 6.07) is 14.7. The Morgan fingerprint density at radius 2 is 1.86 bits per heavy atom. The van der Waals surface area contributed by atoms with E-state index in [-0.39, 0.29) is 11.2 Å². The van der Waals surface area contributed by atoms with Crippen LogP contribution in [0, 0.1) is 12.7 Å². The molecular weight excluding hydrogens is 287 g/mol. The molecule has 2 aromatic carbocycles. The molecular formula is C17H14ClFN2. The summed E-state index contributed by atoms with van der Waals surface area (Å²) in [7, 11) is 0. The predicted molar refractivity (Wildman–Crippen MR) is 82.4 cm³/mol. The molecule has 3 rings (SSSR count). The summed E-state index contributed by atoms with van der Waals surface area (Å²) >= 11 is 6.48. The van der Waals surface area contributed by atoms with Gasteiger partial charge in [-0.05, 0) is 36.2 Å². The molecule has 1 unspecified atom stereocenters. The molecule has 0 aliphatic heterocycles. The van der Waals surface area contributed by atoms with Crippen molar-refractivity contribution in [2.75, 3.05) is 0 Å². The number of halogens is 2. The van der Waals surface area contributed by atoms with Crippen molar-refractivity contribution >= 4 is 11.6 Å². The molecule has 0 radical (unpaired) electrons. The third-order valence-electron chi connectivity index (χ3n) is 3.39. The van der Waals surface area contributed by atoms with Crippen LogP contribution >= 0.6 is 11.6 Å². The molecule has 0 aliphatic carbocycles. The van der Waals surface area contributed by atoms with E-state index < -0.39 is 0 Å². The molecule has 0 aliphatic rings. The first-order valence-corrected chi connectivity index (χ1v) is 7.09. The van der Waals surface area contributed by atoms with E-state index in [0.29, 0.717) is 5.56 Å². The van der Waals surface area contributed by atoms with Crippen LogP contribution in [0.5, 0.6) is 0 Å². The van der Waals surface area contributed by atoms with Gasteiger partial charge in [0.1, 0.15) is 5.82 Å². The van der Waals surface area contributed by atoms with Gasteiger partial charge >= 0.3 is 0 Å². The summed E-state index contributed by atoms with van der Waals surface area (Å²) in [6.45, 7) is 1.73. The summed E-state index contributed by atoms with van der Waals surface area (Å²) in [5, 5.41) is 3.99. The topological polar surface area (TPSA) is 17.8 Å². The molecule has 2 nitrogen and oxygen atoms in total. The van der Waals surface area contributed by atoms with Crippen LogP contribution in [0.25, 0.3) is 5.69 Å². The second-order valence-corrected chi connectivity index (χ2v) is 5.36. The van der Waals surface area contributed by atoms with Gasteiger partial charge in [0, 0.05) is 11.8 Å². The van der Waals surface area contributed by atoms with Crippen molar-refractivity contribution in [2.45, 2.75) is 12.3 Å². The van der Waals surface area contributed by atoms with Gasteiger partial charge in [0.05, 0.1) is 17.3 Å². The third kappa shape index (κ3) is 2.83. The van der Waals surface area contributed by atoms with Crippen LogP contribution in [0.15, 0.2) is 60.9 Å². The Labute approximate surface area is 127 Å². The van der Waals surface area contributed by atoms with Crippen molar-refractivity contribution in [2.24, 2.45) is 0 Å². The smallest absolute Gasteiger partial charge is 0.126 e. The van der Waals surface area contributed by atoms with Crippen molar-refractivity contribution in [3.05, 3.63) is 83.4 Å². The highest BCUT2D eigenvalue weighted by atomic mass is 35.5. The maximum Gasteiger partial charge on any atom is 0.126 e. The first kappa shape index (κ1) is 13.8. The lowest BCUT2D eigenvalue weighted by atomic mass is 10.0. The van der Waals surface area contributed by atoms with Crippen LogP contribution in [-0.4, -0.2) is 9.78 Å². The largest absolute Gasteiger partial charge is 0.241 e. The predicted octanol–water partition coefficient (Wildman–Crippen LogP) is 4.65. The SMILES string of the molecule is Cc1cc(C(Cl)c2cnn(-c3ccccc3)c2)ccc1F. The number of benzene rings is 2. The van der Waals surface area contributed by atoms with Crippen LogP contribution in [0.4, 0.5) is 4.39 Å². The summed E-state index contributed by atoms with van der Waals surface area (Å²) in [4.78, 5) is 0. The highest BCUT2D eigenvalue weighted by Crippen LogP contribution is 2.29. The van der Waals surface area contributed by atoms with E-state index in [1.54, 1.807) is 29.9 Å². The number of rotatable bonds is 3. The minimum Gasteiger partial charge on any atom is -0.241 e. The summed E-state index contributed by atoms with van der Waals surface area (Å²) < 4.78 is 15.1. The maximum absolute atomic E-state index is 13.3. The minimum atomic E-state index is -0.346. The van der Waals surface area contributed by atoms with Gasteiger partial charge in [-0.2, -0.15) is 5.10 Å². The van der Waals surface area contributed by atoms with Crippen molar-refractivity contribution in [3.63, 3.8) is 0 Å². The lowest BCUT2D eigenvalue weighted by molar-refractivity contribution is 0.617. The summed E-state index contributed by atoms with van der Waals surface area (Å²) in [5.41, 5.74) is 3.31. The summed E-state index contributed by atoms with van der Waals surface area (Å²) in [5.74, 6) is -0.220. The van der Waals surface area contributed by atoms with Crippen LogP contribution in [0.1, 0.15) is 22.1 Å². The lowest BCUT2D eigenvalue weighted by Gasteiger charge is -2.09. The molecule has 0 bridgehead atoms. The van der Waals surface area contributed by atoms with E-state index in [0.717, 1.165) is 16.8 Å². The van der Waals surface area contributed by atoms with Crippen molar-refractivity contribution < 1.29 is 4.39 Å². The van der Waals surface area contributed by atoms with E-state index >= 15 is 0 Å². The van der Waals surface area contributed by atoms with E-state index in [9.17, 15) is 4.39 Å². The van der Waals surface area contributed by atoms with Crippen molar-refractivity contribution in [3.8, 4) is 5.69 Å². The second-order valence-electron chi connectivity index (χ2n) is 4.92.